The maximum absolute atomic E-state index is 5.45. The normalized spacial score (nSPS) is 12.2. The highest BCUT2D eigenvalue weighted by Gasteiger charge is 2.10. The third-order valence-corrected chi connectivity index (χ3v) is 2.98. The first-order chi connectivity index (χ1) is 7.54. The average Bonchev–Trinajstić information content (AvgIpc) is 2.57. The van der Waals surface area contributed by atoms with E-state index in [2.05, 4.69) is 16.5 Å². The van der Waals surface area contributed by atoms with Crippen LogP contribution in [0.5, 0.6) is 0 Å². The van der Waals surface area contributed by atoms with Crippen molar-refractivity contribution in [3.8, 4) is 0 Å². The number of benzene rings is 1. The molecule has 0 aliphatic carbocycles. The van der Waals surface area contributed by atoms with Gasteiger partial charge in [-0.05, 0) is 32.9 Å². The van der Waals surface area contributed by atoms with Gasteiger partial charge in [0.25, 0.3) is 0 Å². The number of rotatable bonds is 3. The lowest BCUT2D eigenvalue weighted by molar-refractivity contribution is -0.0757. The molecule has 0 aliphatic heterocycles. The van der Waals surface area contributed by atoms with Crippen LogP contribution in [0.1, 0.15) is 25.8 Å². The van der Waals surface area contributed by atoms with Gasteiger partial charge in [-0.1, -0.05) is 12.1 Å². The van der Waals surface area contributed by atoms with Crippen LogP contribution in [0.4, 0.5) is 0 Å². The van der Waals surface area contributed by atoms with Crippen LogP contribution < -0.4 is 5.48 Å². The predicted octanol–water partition coefficient (Wildman–Crippen LogP) is 3.12. The predicted molar refractivity (Wildman–Crippen MR) is 67.3 cm³/mol. The minimum absolute atomic E-state index is 0.170. The van der Waals surface area contributed by atoms with Gasteiger partial charge in [-0.3, -0.25) is 4.84 Å². The maximum Gasteiger partial charge on any atom is 0.110 e. The molecule has 1 heterocycles. The monoisotopic (exact) mass is 236 g/mol. The second kappa shape index (κ2) is 4.49. The topological polar surface area (TPSA) is 34.1 Å². The Morgan fingerprint density at radius 2 is 2.06 bits per heavy atom. The van der Waals surface area contributed by atoms with Crippen molar-refractivity contribution in [1.29, 1.82) is 0 Å². The minimum atomic E-state index is -0.170. The largest absolute Gasteiger partial charge is 0.296 e. The number of hydroxylamine groups is 1. The lowest BCUT2D eigenvalue weighted by Crippen LogP contribution is -2.28. The van der Waals surface area contributed by atoms with Gasteiger partial charge in [-0.15, -0.1) is 11.3 Å². The number of nitrogens with one attached hydrogen (secondary N) is 1. The minimum Gasteiger partial charge on any atom is -0.296 e. The van der Waals surface area contributed by atoms with Gasteiger partial charge >= 0.3 is 0 Å². The summed E-state index contributed by atoms with van der Waals surface area (Å²) in [7, 11) is 0. The molecule has 16 heavy (non-hydrogen) atoms. The summed E-state index contributed by atoms with van der Waals surface area (Å²) in [5.41, 5.74) is 3.84. The zero-order valence-electron chi connectivity index (χ0n) is 9.78. The van der Waals surface area contributed by atoms with Gasteiger partial charge in [0.2, 0.25) is 0 Å². The van der Waals surface area contributed by atoms with Gasteiger partial charge in [-0.2, -0.15) is 5.48 Å². The van der Waals surface area contributed by atoms with Gasteiger partial charge < -0.3 is 0 Å². The Morgan fingerprint density at radius 3 is 2.75 bits per heavy atom. The molecule has 1 aromatic heterocycles. The summed E-state index contributed by atoms with van der Waals surface area (Å²) < 4.78 is 1.22. The zero-order chi connectivity index (χ0) is 11.6. The molecule has 0 fully saturated rings. The van der Waals surface area contributed by atoms with Crippen LogP contribution in [0.15, 0.2) is 24.3 Å². The number of aromatic nitrogens is 1. The molecular formula is C12H16N2OS. The number of fused-ring (bicyclic) bond motifs is 1. The zero-order valence-corrected chi connectivity index (χ0v) is 10.6. The SMILES string of the molecule is CC(C)(C)ONCc1nc2ccccc2s1. The number of thiazole rings is 1. The van der Waals surface area contributed by atoms with Gasteiger partial charge in [0, 0.05) is 0 Å². The molecule has 0 atom stereocenters. The fraction of sp³-hybridized carbons (Fsp3) is 0.417. The Balaban J connectivity index is 2.00. The summed E-state index contributed by atoms with van der Waals surface area (Å²) in [5, 5.41) is 1.05. The highest BCUT2D eigenvalue weighted by Crippen LogP contribution is 2.21. The fourth-order valence-corrected chi connectivity index (χ4v) is 2.20. The molecule has 2 aromatic rings. The molecule has 0 radical (unpaired) electrons. The summed E-state index contributed by atoms with van der Waals surface area (Å²) in [6.07, 6.45) is 0. The van der Waals surface area contributed by atoms with Crippen LogP contribution in [0.25, 0.3) is 10.2 Å². The summed E-state index contributed by atoms with van der Waals surface area (Å²) in [6, 6.07) is 8.15. The number of para-hydroxylation sites is 1. The number of hydrogen-bond donors (Lipinski definition) is 1. The number of hydrogen-bond acceptors (Lipinski definition) is 4. The molecular weight excluding hydrogens is 220 g/mol. The van der Waals surface area contributed by atoms with Crippen LogP contribution in [0, 0.1) is 0 Å². The average molecular weight is 236 g/mol. The van der Waals surface area contributed by atoms with E-state index < -0.39 is 0 Å². The summed E-state index contributed by atoms with van der Waals surface area (Å²) >= 11 is 1.69. The molecule has 0 saturated carbocycles. The number of nitrogens with zero attached hydrogens (tertiary/aromatic N) is 1. The van der Waals surface area contributed by atoms with Gasteiger partial charge in [-0.25, -0.2) is 4.98 Å². The molecule has 2 rings (SSSR count). The second-order valence-electron chi connectivity index (χ2n) is 4.61. The van der Waals surface area contributed by atoms with Crippen LogP contribution in [-0.2, 0) is 11.4 Å². The smallest absolute Gasteiger partial charge is 0.110 e. The molecule has 1 aromatic carbocycles. The summed E-state index contributed by atoms with van der Waals surface area (Å²) in [6.45, 7) is 6.69. The molecule has 86 valence electrons. The highest BCUT2D eigenvalue weighted by atomic mass is 32.1. The van der Waals surface area contributed by atoms with Gasteiger partial charge in [0.15, 0.2) is 0 Å². The fourth-order valence-electron chi connectivity index (χ4n) is 1.31. The van der Waals surface area contributed by atoms with E-state index in [9.17, 15) is 0 Å². The van der Waals surface area contributed by atoms with E-state index in [1.54, 1.807) is 11.3 Å². The molecule has 0 amide bonds. The van der Waals surface area contributed by atoms with E-state index in [4.69, 9.17) is 4.84 Å². The van der Waals surface area contributed by atoms with Crippen molar-refractivity contribution >= 4 is 21.6 Å². The summed E-state index contributed by atoms with van der Waals surface area (Å²) in [4.78, 5) is 9.95. The van der Waals surface area contributed by atoms with Crippen molar-refractivity contribution in [2.75, 3.05) is 0 Å². The van der Waals surface area contributed by atoms with Crippen molar-refractivity contribution < 1.29 is 4.84 Å². The second-order valence-corrected chi connectivity index (χ2v) is 5.73. The first-order valence-corrected chi connectivity index (χ1v) is 6.11. The van der Waals surface area contributed by atoms with Crippen molar-refractivity contribution in [1.82, 2.24) is 10.5 Å². The molecule has 0 saturated heterocycles. The Kier molecular flexibility index (Phi) is 3.23. The van der Waals surface area contributed by atoms with Crippen molar-refractivity contribution in [3.05, 3.63) is 29.3 Å². The lowest BCUT2D eigenvalue weighted by Gasteiger charge is -2.18. The molecule has 1 N–H and O–H groups in total. The molecule has 3 nitrogen and oxygen atoms in total. The Morgan fingerprint density at radius 1 is 1.31 bits per heavy atom. The van der Waals surface area contributed by atoms with Crippen LogP contribution in [0.2, 0.25) is 0 Å². The highest BCUT2D eigenvalue weighted by molar-refractivity contribution is 7.18. The third kappa shape index (κ3) is 3.01. The van der Waals surface area contributed by atoms with E-state index >= 15 is 0 Å². The third-order valence-electron chi connectivity index (χ3n) is 1.94. The molecule has 0 bridgehead atoms. The maximum atomic E-state index is 5.45. The quantitative estimate of drug-likeness (QED) is 0.831. The van der Waals surface area contributed by atoms with Crippen molar-refractivity contribution in [2.45, 2.75) is 32.9 Å². The Bertz CT molecular complexity index is 440. The van der Waals surface area contributed by atoms with E-state index in [-0.39, 0.29) is 5.60 Å². The van der Waals surface area contributed by atoms with E-state index in [0.717, 1.165) is 10.5 Å². The standard InChI is InChI=1S/C12H16N2OS/c1-12(2,3)15-13-8-11-14-9-6-4-5-7-10(9)16-11/h4-7,13H,8H2,1-3H3. The molecule has 0 unspecified atom stereocenters. The Hall–Kier alpha value is -0.970. The van der Waals surface area contributed by atoms with Gasteiger partial charge in [0.05, 0.1) is 22.4 Å². The van der Waals surface area contributed by atoms with E-state index in [1.165, 1.54) is 4.70 Å². The van der Waals surface area contributed by atoms with E-state index in [1.807, 2.05) is 39.0 Å². The van der Waals surface area contributed by atoms with Crippen LogP contribution in [0.3, 0.4) is 0 Å². The Labute approximate surface area is 99.4 Å². The van der Waals surface area contributed by atoms with Gasteiger partial charge in [0.1, 0.15) is 5.01 Å². The molecule has 4 heteroatoms. The molecule has 0 aliphatic rings. The van der Waals surface area contributed by atoms with E-state index in [0.29, 0.717) is 6.54 Å². The van der Waals surface area contributed by atoms with Crippen LogP contribution in [-0.4, -0.2) is 10.6 Å². The van der Waals surface area contributed by atoms with Crippen molar-refractivity contribution in [2.24, 2.45) is 0 Å². The first kappa shape index (κ1) is 11.5. The summed E-state index contributed by atoms with van der Waals surface area (Å²) in [5.74, 6) is 0. The first-order valence-electron chi connectivity index (χ1n) is 5.30. The molecule has 0 spiro atoms. The van der Waals surface area contributed by atoms with Crippen molar-refractivity contribution in [3.63, 3.8) is 0 Å². The lowest BCUT2D eigenvalue weighted by atomic mass is 10.2. The van der Waals surface area contributed by atoms with Crippen LogP contribution >= 0.6 is 11.3 Å².